The number of benzene rings is 1. The quantitative estimate of drug-likeness (QED) is 0.758. The van der Waals surface area contributed by atoms with Crippen molar-refractivity contribution in [2.24, 2.45) is 5.92 Å². The van der Waals surface area contributed by atoms with E-state index in [1.54, 1.807) is 31.4 Å². The highest BCUT2D eigenvalue weighted by Gasteiger charge is 2.23. The van der Waals surface area contributed by atoms with Crippen molar-refractivity contribution in [2.45, 2.75) is 12.8 Å². The number of piperidine rings is 1. The van der Waals surface area contributed by atoms with Crippen LogP contribution in [0, 0.1) is 5.92 Å². The van der Waals surface area contributed by atoms with E-state index in [1.807, 2.05) is 4.90 Å². The Morgan fingerprint density at radius 3 is 2.52 bits per heavy atom. The van der Waals surface area contributed by atoms with E-state index in [9.17, 15) is 4.79 Å². The Kier molecular flexibility index (Phi) is 6.49. The number of likely N-dealkylation sites (tertiary alicyclic amines) is 1. The van der Waals surface area contributed by atoms with Crippen LogP contribution in [0.5, 0.6) is 0 Å². The zero-order valence-corrected chi connectivity index (χ0v) is 13.1. The number of hydrogen-bond donors (Lipinski definition) is 0. The number of rotatable bonds is 6. The summed E-state index contributed by atoms with van der Waals surface area (Å²) >= 11 is 5.84. The second-order valence-electron chi connectivity index (χ2n) is 5.31. The van der Waals surface area contributed by atoms with E-state index >= 15 is 0 Å². The molecule has 21 heavy (non-hydrogen) atoms. The normalized spacial score (nSPS) is 16.2. The van der Waals surface area contributed by atoms with Crippen molar-refractivity contribution in [2.75, 3.05) is 40.0 Å². The van der Waals surface area contributed by atoms with Crippen LogP contribution in [0.15, 0.2) is 24.3 Å². The molecule has 0 radical (unpaired) electrons. The van der Waals surface area contributed by atoms with E-state index in [0.29, 0.717) is 29.7 Å². The van der Waals surface area contributed by atoms with E-state index in [4.69, 9.17) is 21.1 Å². The molecule has 1 heterocycles. The minimum absolute atomic E-state index is 0.0884. The third-order valence-electron chi connectivity index (χ3n) is 3.78. The van der Waals surface area contributed by atoms with E-state index in [2.05, 4.69) is 0 Å². The van der Waals surface area contributed by atoms with Crippen LogP contribution in [0.2, 0.25) is 5.02 Å². The van der Waals surface area contributed by atoms with Gasteiger partial charge in [0.25, 0.3) is 5.91 Å². The molecule has 0 aromatic heterocycles. The SMILES string of the molecule is COCCOCC1CCN(C(=O)c2ccc(Cl)cc2)CC1. The molecule has 5 heteroatoms. The molecule has 0 spiro atoms. The van der Waals surface area contributed by atoms with E-state index in [-0.39, 0.29) is 5.91 Å². The first kappa shape index (κ1) is 16.3. The molecule has 1 aromatic carbocycles. The average Bonchev–Trinajstić information content (AvgIpc) is 2.52. The highest BCUT2D eigenvalue weighted by Crippen LogP contribution is 2.20. The molecule has 2 rings (SSSR count). The van der Waals surface area contributed by atoms with Crippen LogP contribution in [0.4, 0.5) is 0 Å². The van der Waals surface area contributed by atoms with Gasteiger partial charge in [-0.05, 0) is 43.0 Å². The molecule has 0 bridgehead atoms. The Bertz CT molecular complexity index is 441. The topological polar surface area (TPSA) is 38.8 Å². The van der Waals surface area contributed by atoms with Gasteiger partial charge in [-0.25, -0.2) is 0 Å². The zero-order chi connectivity index (χ0) is 15.1. The van der Waals surface area contributed by atoms with Crippen molar-refractivity contribution in [3.63, 3.8) is 0 Å². The molecular weight excluding hydrogens is 290 g/mol. The van der Waals surface area contributed by atoms with Gasteiger partial charge in [0.1, 0.15) is 0 Å². The molecule has 1 amide bonds. The predicted octanol–water partition coefficient (Wildman–Crippen LogP) is 2.86. The van der Waals surface area contributed by atoms with Crippen LogP contribution in [0.1, 0.15) is 23.2 Å². The van der Waals surface area contributed by atoms with Gasteiger partial charge in [0.15, 0.2) is 0 Å². The molecule has 4 nitrogen and oxygen atoms in total. The Morgan fingerprint density at radius 1 is 1.24 bits per heavy atom. The smallest absolute Gasteiger partial charge is 0.253 e. The van der Waals surface area contributed by atoms with Gasteiger partial charge in [-0.3, -0.25) is 4.79 Å². The first-order valence-electron chi connectivity index (χ1n) is 7.32. The molecular formula is C16H22ClNO3. The summed E-state index contributed by atoms with van der Waals surface area (Å²) < 4.78 is 10.5. The summed E-state index contributed by atoms with van der Waals surface area (Å²) in [4.78, 5) is 14.3. The van der Waals surface area contributed by atoms with Crippen molar-refractivity contribution in [3.05, 3.63) is 34.9 Å². The zero-order valence-electron chi connectivity index (χ0n) is 12.4. The van der Waals surface area contributed by atoms with Crippen molar-refractivity contribution in [1.82, 2.24) is 4.90 Å². The van der Waals surface area contributed by atoms with Crippen molar-refractivity contribution in [1.29, 1.82) is 0 Å². The molecule has 1 aliphatic rings. The van der Waals surface area contributed by atoms with E-state index in [1.165, 1.54) is 0 Å². The predicted molar refractivity (Wildman–Crippen MR) is 82.8 cm³/mol. The Morgan fingerprint density at radius 2 is 1.90 bits per heavy atom. The van der Waals surface area contributed by atoms with Gasteiger partial charge < -0.3 is 14.4 Å². The van der Waals surface area contributed by atoms with Gasteiger partial charge >= 0.3 is 0 Å². The highest BCUT2D eigenvalue weighted by molar-refractivity contribution is 6.30. The fourth-order valence-electron chi connectivity index (χ4n) is 2.47. The van der Waals surface area contributed by atoms with Crippen LogP contribution < -0.4 is 0 Å². The number of methoxy groups -OCH3 is 1. The maximum absolute atomic E-state index is 12.4. The molecule has 1 aromatic rings. The van der Waals surface area contributed by atoms with Gasteiger partial charge in [0.05, 0.1) is 13.2 Å². The lowest BCUT2D eigenvalue weighted by atomic mass is 9.97. The summed E-state index contributed by atoms with van der Waals surface area (Å²) in [7, 11) is 1.67. The van der Waals surface area contributed by atoms with Gasteiger partial charge in [0, 0.05) is 37.4 Å². The number of ether oxygens (including phenoxy) is 2. The fourth-order valence-corrected chi connectivity index (χ4v) is 2.60. The molecule has 1 aliphatic heterocycles. The number of nitrogens with zero attached hydrogens (tertiary/aromatic N) is 1. The number of hydrogen-bond acceptors (Lipinski definition) is 3. The Balaban J connectivity index is 1.75. The standard InChI is InChI=1S/C16H22ClNO3/c1-20-10-11-21-12-13-6-8-18(9-7-13)16(19)14-2-4-15(17)5-3-14/h2-5,13H,6-12H2,1H3. The number of carbonyl (C=O) groups excluding carboxylic acids is 1. The maximum Gasteiger partial charge on any atom is 0.253 e. The van der Waals surface area contributed by atoms with Gasteiger partial charge in [-0.1, -0.05) is 11.6 Å². The summed E-state index contributed by atoms with van der Waals surface area (Å²) in [6.45, 7) is 3.61. The van der Waals surface area contributed by atoms with Crippen LogP contribution in [-0.4, -0.2) is 50.8 Å². The van der Waals surface area contributed by atoms with Crippen LogP contribution in [0.25, 0.3) is 0 Å². The van der Waals surface area contributed by atoms with Gasteiger partial charge in [0.2, 0.25) is 0 Å². The summed E-state index contributed by atoms with van der Waals surface area (Å²) in [5, 5.41) is 0.651. The molecule has 0 aliphatic carbocycles. The van der Waals surface area contributed by atoms with Crippen LogP contribution in [0.3, 0.4) is 0 Å². The molecule has 0 unspecified atom stereocenters. The number of amides is 1. The summed E-state index contributed by atoms with van der Waals surface area (Å²) in [6, 6.07) is 7.07. The van der Waals surface area contributed by atoms with Crippen LogP contribution in [-0.2, 0) is 9.47 Å². The van der Waals surface area contributed by atoms with E-state index < -0.39 is 0 Å². The third kappa shape index (κ3) is 4.99. The maximum atomic E-state index is 12.4. The second-order valence-corrected chi connectivity index (χ2v) is 5.75. The first-order chi connectivity index (χ1) is 10.2. The summed E-state index contributed by atoms with van der Waals surface area (Å²) in [5.41, 5.74) is 0.703. The monoisotopic (exact) mass is 311 g/mol. The lowest BCUT2D eigenvalue weighted by molar-refractivity contribution is 0.0327. The molecule has 0 N–H and O–H groups in total. The lowest BCUT2D eigenvalue weighted by Gasteiger charge is -2.32. The average molecular weight is 312 g/mol. The lowest BCUT2D eigenvalue weighted by Crippen LogP contribution is -2.39. The summed E-state index contributed by atoms with van der Waals surface area (Å²) in [5.74, 6) is 0.626. The van der Waals surface area contributed by atoms with Gasteiger partial charge in [-0.2, -0.15) is 0 Å². The Labute approximate surface area is 131 Å². The largest absolute Gasteiger partial charge is 0.382 e. The Hall–Kier alpha value is -1.10. The fraction of sp³-hybridized carbons (Fsp3) is 0.562. The van der Waals surface area contributed by atoms with E-state index in [0.717, 1.165) is 32.5 Å². The minimum Gasteiger partial charge on any atom is -0.382 e. The number of carbonyl (C=O) groups is 1. The molecule has 116 valence electrons. The molecule has 0 atom stereocenters. The second kappa shape index (κ2) is 8.37. The molecule has 1 saturated heterocycles. The number of halogens is 1. The van der Waals surface area contributed by atoms with Gasteiger partial charge in [-0.15, -0.1) is 0 Å². The summed E-state index contributed by atoms with van der Waals surface area (Å²) in [6.07, 6.45) is 1.98. The molecule has 1 fully saturated rings. The minimum atomic E-state index is 0.0884. The molecule has 0 saturated carbocycles. The first-order valence-corrected chi connectivity index (χ1v) is 7.70. The third-order valence-corrected chi connectivity index (χ3v) is 4.03. The van der Waals surface area contributed by atoms with Crippen LogP contribution >= 0.6 is 11.6 Å². The highest BCUT2D eigenvalue weighted by atomic mass is 35.5. The van der Waals surface area contributed by atoms with Crippen molar-refractivity contribution >= 4 is 17.5 Å². The van der Waals surface area contributed by atoms with Crippen molar-refractivity contribution in [3.8, 4) is 0 Å². The van der Waals surface area contributed by atoms with Crippen molar-refractivity contribution < 1.29 is 14.3 Å².